The maximum absolute atomic E-state index is 5.57. The first-order valence-corrected chi connectivity index (χ1v) is 7.43. The SMILES string of the molecule is COCCNC(C)(CC(C)(C)OC)c1nc(C)cs1. The number of hydrogen-bond donors (Lipinski definition) is 1. The number of nitrogens with one attached hydrogen (secondary N) is 1. The third-order valence-electron chi connectivity index (χ3n) is 3.24. The van der Waals surface area contributed by atoms with Crippen molar-refractivity contribution in [2.24, 2.45) is 0 Å². The Kier molecular flexibility index (Phi) is 5.92. The molecule has 1 aromatic rings. The quantitative estimate of drug-likeness (QED) is 0.746. The molecule has 0 bridgehead atoms. The minimum atomic E-state index is -0.200. The molecule has 1 N–H and O–H groups in total. The van der Waals surface area contributed by atoms with Gasteiger partial charge in [0.05, 0.1) is 17.7 Å². The van der Waals surface area contributed by atoms with E-state index in [0.29, 0.717) is 6.61 Å². The highest BCUT2D eigenvalue weighted by atomic mass is 32.1. The molecule has 1 atom stereocenters. The van der Waals surface area contributed by atoms with E-state index in [-0.39, 0.29) is 11.1 Å². The second-order valence-corrected chi connectivity index (χ2v) is 6.54. The molecule has 1 aromatic heterocycles. The van der Waals surface area contributed by atoms with Crippen molar-refractivity contribution in [2.75, 3.05) is 27.4 Å². The first-order chi connectivity index (χ1) is 8.83. The van der Waals surface area contributed by atoms with Crippen molar-refractivity contribution in [3.05, 3.63) is 16.1 Å². The predicted molar refractivity (Wildman–Crippen MR) is 79.8 cm³/mol. The Labute approximate surface area is 120 Å². The van der Waals surface area contributed by atoms with Crippen molar-refractivity contribution in [3.8, 4) is 0 Å². The number of rotatable bonds is 8. The van der Waals surface area contributed by atoms with Crippen LogP contribution in [0.1, 0.15) is 37.9 Å². The van der Waals surface area contributed by atoms with Crippen molar-refractivity contribution in [1.82, 2.24) is 10.3 Å². The van der Waals surface area contributed by atoms with E-state index in [0.717, 1.165) is 23.7 Å². The topological polar surface area (TPSA) is 43.4 Å². The van der Waals surface area contributed by atoms with Gasteiger partial charge in [-0.2, -0.15) is 0 Å². The number of aromatic nitrogens is 1. The summed E-state index contributed by atoms with van der Waals surface area (Å²) in [6.45, 7) is 9.89. The summed E-state index contributed by atoms with van der Waals surface area (Å²) in [6, 6.07) is 0. The van der Waals surface area contributed by atoms with Crippen LogP contribution < -0.4 is 5.32 Å². The lowest BCUT2D eigenvalue weighted by Crippen LogP contribution is -2.46. The molecule has 0 aliphatic rings. The molecule has 0 saturated heterocycles. The molecule has 0 radical (unpaired) electrons. The maximum atomic E-state index is 5.57. The van der Waals surface area contributed by atoms with Gasteiger partial charge in [0.1, 0.15) is 5.01 Å². The molecule has 1 rings (SSSR count). The lowest BCUT2D eigenvalue weighted by molar-refractivity contribution is -0.00815. The molecule has 110 valence electrons. The fraction of sp³-hybridized carbons (Fsp3) is 0.786. The summed E-state index contributed by atoms with van der Waals surface area (Å²) >= 11 is 1.70. The first kappa shape index (κ1) is 16.6. The van der Waals surface area contributed by atoms with Gasteiger partial charge in [-0.05, 0) is 27.7 Å². The third-order valence-corrected chi connectivity index (χ3v) is 4.47. The normalized spacial score (nSPS) is 15.5. The zero-order valence-electron chi connectivity index (χ0n) is 12.9. The minimum Gasteiger partial charge on any atom is -0.383 e. The molecule has 0 amide bonds. The van der Waals surface area contributed by atoms with Crippen molar-refractivity contribution in [3.63, 3.8) is 0 Å². The van der Waals surface area contributed by atoms with E-state index in [1.165, 1.54) is 0 Å². The van der Waals surface area contributed by atoms with E-state index in [2.05, 4.69) is 36.5 Å². The Hall–Kier alpha value is -0.490. The molecule has 0 aromatic carbocycles. The van der Waals surface area contributed by atoms with Gasteiger partial charge in [-0.15, -0.1) is 11.3 Å². The molecule has 4 nitrogen and oxygen atoms in total. The van der Waals surface area contributed by atoms with Gasteiger partial charge in [0.25, 0.3) is 0 Å². The lowest BCUT2D eigenvalue weighted by Gasteiger charge is -2.36. The van der Waals surface area contributed by atoms with Crippen LogP contribution in [-0.2, 0) is 15.0 Å². The highest BCUT2D eigenvalue weighted by molar-refractivity contribution is 7.09. The van der Waals surface area contributed by atoms with Crippen LogP contribution in [0.5, 0.6) is 0 Å². The smallest absolute Gasteiger partial charge is 0.113 e. The van der Waals surface area contributed by atoms with Gasteiger partial charge in [0.15, 0.2) is 0 Å². The second-order valence-electron chi connectivity index (χ2n) is 5.69. The number of methoxy groups -OCH3 is 2. The number of thiazole rings is 1. The number of hydrogen-bond acceptors (Lipinski definition) is 5. The van der Waals surface area contributed by atoms with E-state index in [9.17, 15) is 0 Å². The molecular weight excluding hydrogens is 260 g/mol. The number of aryl methyl sites for hydroxylation is 1. The fourth-order valence-electron chi connectivity index (χ4n) is 2.17. The molecule has 0 aliphatic carbocycles. The third kappa shape index (κ3) is 4.84. The molecule has 0 saturated carbocycles. The molecule has 1 unspecified atom stereocenters. The van der Waals surface area contributed by atoms with Crippen LogP contribution in [-0.4, -0.2) is 38.0 Å². The van der Waals surface area contributed by atoms with Gasteiger partial charge in [-0.1, -0.05) is 0 Å². The number of ether oxygens (including phenoxy) is 2. The standard InChI is InChI=1S/C14H26N2O2S/c1-11-9-19-12(16-11)14(4,15-7-8-17-5)10-13(2,3)18-6/h9,15H,7-8,10H2,1-6H3. The van der Waals surface area contributed by atoms with Crippen molar-refractivity contribution >= 4 is 11.3 Å². The van der Waals surface area contributed by atoms with E-state index < -0.39 is 0 Å². The molecule has 0 fully saturated rings. The second kappa shape index (κ2) is 6.79. The van der Waals surface area contributed by atoms with Crippen LogP contribution in [0.2, 0.25) is 0 Å². The Bertz CT molecular complexity index is 393. The van der Waals surface area contributed by atoms with Crippen LogP contribution in [0.4, 0.5) is 0 Å². The Morgan fingerprint density at radius 3 is 2.47 bits per heavy atom. The van der Waals surface area contributed by atoms with Crippen LogP contribution in [0.15, 0.2) is 5.38 Å². The summed E-state index contributed by atoms with van der Waals surface area (Å²) < 4.78 is 10.7. The molecule has 19 heavy (non-hydrogen) atoms. The van der Waals surface area contributed by atoms with Crippen LogP contribution in [0.3, 0.4) is 0 Å². The molecule has 0 spiro atoms. The molecule has 5 heteroatoms. The monoisotopic (exact) mass is 286 g/mol. The van der Waals surface area contributed by atoms with E-state index in [1.54, 1.807) is 25.6 Å². The van der Waals surface area contributed by atoms with Crippen molar-refractivity contribution in [1.29, 1.82) is 0 Å². The largest absolute Gasteiger partial charge is 0.383 e. The Balaban J connectivity index is 2.89. The molecular formula is C14H26N2O2S. The number of nitrogens with zero attached hydrogens (tertiary/aromatic N) is 1. The highest BCUT2D eigenvalue weighted by Gasteiger charge is 2.35. The van der Waals surface area contributed by atoms with Crippen molar-refractivity contribution in [2.45, 2.75) is 45.3 Å². The fourth-order valence-corrected chi connectivity index (χ4v) is 3.11. The van der Waals surface area contributed by atoms with E-state index in [1.807, 2.05) is 6.92 Å². The summed E-state index contributed by atoms with van der Waals surface area (Å²) in [5, 5.41) is 6.75. The lowest BCUT2D eigenvalue weighted by atomic mass is 9.88. The summed E-state index contributed by atoms with van der Waals surface area (Å²) in [5.74, 6) is 0. The summed E-state index contributed by atoms with van der Waals surface area (Å²) in [4.78, 5) is 4.64. The van der Waals surface area contributed by atoms with E-state index in [4.69, 9.17) is 9.47 Å². The van der Waals surface area contributed by atoms with Gasteiger partial charge < -0.3 is 14.8 Å². The zero-order valence-corrected chi connectivity index (χ0v) is 13.7. The van der Waals surface area contributed by atoms with Crippen LogP contribution in [0, 0.1) is 6.92 Å². The average Bonchev–Trinajstić information content (AvgIpc) is 2.76. The first-order valence-electron chi connectivity index (χ1n) is 6.55. The van der Waals surface area contributed by atoms with Crippen LogP contribution >= 0.6 is 11.3 Å². The van der Waals surface area contributed by atoms with E-state index >= 15 is 0 Å². The molecule has 0 aliphatic heterocycles. The Morgan fingerprint density at radius 1 is 1.32 bits per heavy atom. The summed E-state index contributed by atoms with van der Waals surface area (Å²) in [5.41, 5.74) is 0.667. The van der Waals surface area contributed by atoms with Crippen LogP contribution in [0.25, 0.3) is 0 Å². The maximum Gasteiger partial charge on any atom is 0.113 e. The van der Waals surface area contributed by atoms with Gasteiger partial charge >= 0.3 is 0 Å². The predicted octanol–water partition coefficient (Wildman–Crippen LogP) is 2.72. The van der Waals surface area contributed by atoms with Gasteiger partial charge in [0, 0.05) is 38.3 Å². The van der Waals surface area contributed by atoms with Gasteiger partial charge in [-0.25, -0.2) is 4.98 Å². The highest BCUT2D eigenvalue weighted by Crippen LogP contribution is 2.33. The Morgan fingerprint density at radius 2 is 2.00 bits per heavy atom. The summed E-state index contributed by atoms with van der Waals surface area (Å²) in [6.07, 6.45) is 0.854. The van der Waals surface area contributed by atoms with Gasteiger partial charge in [-0.3, -0.25) is 0 Å². The zero-order chi connectivity index (χ0) is 14.5. The van der Waals surface area contributed by atoms with Crippen molar-refractivity contribution < 1.29 is 9.47 Å². The summed E-state index contributed by atoms with van der Waals surface area (Å²) in [7, 11) is 3.47. The van der Waals surface area contributed by atoms with Gasteiger partial charge in [0.2, 0.25) is 0 Å². The minimum absolute atomic E-state index is 0.197. The molecule has 1 heterocycles. The average molecular weight is 286 g/mol.